The minimum absolute atomic E-state index is 0.0950. The number of carbonyl (C=O) groups is 2. The number of hydrogen-bond donors (Lipinski definition) is 4. The van der Waals surface area contributed by atoms with Gasteiger partial charge in [-0.1, -0.05) is 23.8 Å². The molecule has 2 bridgehead atoms. The number of methoxy groups -OCH3 is 1. The summed E-state index contributed by atoms with van der Waals surface area (Å²) in [4.78, 5) is 38.7. The number of rotatable bonds is 11. The molecule has 2 aromatic carbocycles. The van der Waals surface area contributed by atoms with Crippen LogP contribution in [-0.4, -0.2) is 85.0 Å². The van der Waals surface area contributed by atoms with E-state index < -0.39 is 23.5 Å². The van der Waals surface area contributed by atoms with Crippen LogP contribution < -0.4 is 26.0 Å². The molecule has 2 amide bonds. The lowest BCUT2D eigenvalue weighted by atomic mass is 9.85. The van der Waals surface area contributed by atoms with E-state index in [-0.39, 0.29) is 23.1 Å². The summed E-state index contributed by atoms with van der Waals surface area (Å²) in [7, 11) is 5.05. The number of carbonyl (C=O) groups excluding carboxylic acids is 2. The maximum Gasteiger partial charge on any atom is 0.421 e. The molecule has 0 radical (unpaired) electrons. The summed E-state index contributed by atoms with van der Waals surface area (Å²) >= 11 is 0. The van der Waals surface area contributed by atoms with E-state index in [1.54, 1.807) is 37.3 Å². The Bertz CT molecular complexity index is 1770. The minimum Gasteiger partial charge on any atom is -0.494 e. The van der Waals surface area contributed by atoms with E-state index in [0.29, 0.717) is 53.2 Å². The molecule has 50 heavy (non-hydrogen) atoms. The highest BCUT2D eigenvalue weighted by molar-refractivity contribution is 6.01. The number of likely N-dealkylation sites (N-methyl/N-ethyl adjacent to an activating group) is 1. The SMILES string of the molecule is CNC(=O)c1cccc(C)c1Nc1nc(Nc2ccc(NC(=O)CCC3C4=CCC(C4)C3N3CCN(C)CC3)cc2OC)ncc1C(F)(F)F. The average molecular weight is 693 g/mol. The lowest BCUT2D eigenvalue weighted by Gasteiger charge is -2.42. The molecule has 0 spiro atoms. The summed E-state index contributed by atoms with van der Waals surface area (Å²) in [5, 5.41) is 11.1. The Morgan fingerprint density at radius 2 is 1.86 bits per heavy atom. The third kappa shape index (κ3) is 7.55. The van der Waals surface area contributed by atoms with E-state index in [1.807, 2.05) is 0 Å². The highest BCUT2D eigenvalue weighted by Crippen LogP contribution is 2.48. The van der Waals surface area contributed by atoms with Crippen molar-refractivity contribution in [3.05, 3.63) is 70.9 Å². The largest absolute Gasteiger partial charge is 0.494 e. The molecule has 1 saturated carbocycles. The monoisotopic (exact) mass is 692 g/mol. The fraction of sp³-hybridized carbons (Fsp3) is 0.444. The van der Waals surface area contributed by atoms with Gasteiger partial charge in [-0.05, 0) is 68.8 Å². The topological polar surface area (TPSA) is 124 Å². The Morgan fingerprint density at radius 1 is 1.08 bits per heavy atom. The highest BCUT2D eigenvalue weighted by atomic mass is 19.4. The number of ether oxygens (including phenoxy) is 1. The zero-order valence-corrected chi connectivity index (χ0v) is 28.7. The molecule has 3 aromatic rings. The lowest BCUT2D eigenvalue weighted by Crippen LogP contribution is -2.52. The Labute approximate surface area is 289 Å². The summed E-state index contributed by atoms with van der Waals surface area (Å²) in [5.74, 6) is 0.144. The van der Waals surface area contributed by atoms with Crippen LogP contribution in [0.5, 0.6) is 5.75 Å². The van der Waals surface area contributed by atoms with Crippen molar-refractivity contribution in [2.75, 3.05) is 63.3 Å². The smallest absolute Gasteiger partial charge is 0.421 e. The summed E-state index contributed by atoms with van der Waals surface area (Å²) in [6.07, 6.45) is 1.73. The van der Waals surface area contributed by atoms with Crippen LogP contribution in [0.15, 0.2) is 54.2 Å². The lowest BCUT2D eigenvalue weighted by molar-refractivity contribution is -0.137. The van der Waals surface area contributed by atoms with Gasteiger partial charge in [0.25, 0.3) is 5.91 Å². The molecule has 11 nitrogen and oxygen atoms in total. The number of benzene rings is 2. The first-order valence-corrected chi connectivity index (χ1v) is 16.8. The number of fused-ring (bicyclic) bond motifs is 2. The predicted molar refractivity (Wildman–Crippen MR) is 186 cm³/mol. The molecule has 1 aliphatic heterocycles. The molecular formula is C36H43F3N8O3. The molecule has 4 N–H and O–H groups in total. The molecule has 6 rings (SSSR count). The normalized spacial score (nSPS) is 20.7. The first-order chi connectivity index (χ1) is 23.9. The number of anilines is 5. The maximum atomic E-state index is 14.0. The summed E-state index contributed by atoms with van der Waals surface area (Å²) in [5.41, 5.74) is 2.20. The summed E-state index contributed by atoms with van der Waals surface area (Å²) < 4.78 is 47.6. The van der Waals surface area contributed by atoms with Crippen LogP contribution in [0.3, 0.4) is 0 Å². The first-order valence-electron chi connectivity index (χ1n) is 16.8. The number of nitrogens with zero attached hydrogens (tertiary/aromatic N) is 4. The number of nitrogens with one attached hydrogen (secondary N) is 4. The van der Waals surface area contributed by atoms with Gasteiger partial charge >= 0.3 is 6.18 Å². The second-order valence-electron chi connectivity index (χ2n) is 13.2. The molecule has 266 valence electrons. The van der Waals surface area contributed by atoms with E-state index >= 15 is 0 Å². The van der Waals surface area contributed by atoms with Crippen LogP contribution in [-0.2, 0) is 11.0 Å². The van der Waals surface area contributed by atoms with E-state index in [9.17, 15) is 22.8 Å². The van der Waals surface area contributed by atoms with Crippen molar-refractivity contribution in [3.8, 4) is 5.75 Å². The molecule has 3 aliphatic rings. The van der Waals surface area contributed by atoms with Gasteiger partial charge in [-0.25, -0.2) is 4.98 Å². The molecule has 1 saturated heterocycles. The number of amides is 2. The van der Waals surface area contributed by atoms with Crippen LogP contribution in [0.4, 0.5) is 42.0 Å². The third-order valence-corrected chi connectivity index (χ3v) is 10.0. The van der Waals surface area contributed by atoms with Gasteiger partial charge in [-0.3, -0.25) is 14.5 Å². The Balaban J connectivity index is 1.14. The van der Waals surface area contributed by atoms with Gasteiger partial charge < -0.3 is 30.9 Å². The number of aryl methyl sites for hydroxylation is 1. The van der Waals surface area contributed by atoms with Crippen molar-refractivity contribution in [1.82, 2.24) is 25.1 Å². The number of alkyl halides is 3. The van der Waals surface area contributed by atoms with E-state index in [1.165, 1.54) is 25.8 Å². The number of halogens is 3. The van der Waals surface area contributed by atoms with Gasteiger partial charge in [0.2, 0.25) is 11.9 Å². The van der Waals surface area contributed by atoms with Gasteiger partial charge in [0.05, 0.1) is 24.0 Å². The van der Waals surface area contributed by atoms with Crippen LogP contribution in [0.1, 0.15) is 47.2 Å². The van der Waals surface area contributed by atoms with E-state index in [2.05, 4.69) is 54.2 Å². The Morgan fingerprint density at radius 3 is 2.58 bits per heavy atom. The molecule has 3 unspecified atom stereocenters. The van der Waals surface area contributed by atoms with Crippen molar-refractivity contribution in [3.63, 3.8) is 0 Å². The van der Waals surface area contributed by atoms with Gasteiger partial charge in [-0.2, -0.15) is 18.2 Å². The van der Waals surface area contributed by atoms with Crippen LogP contribution >= 0.6 is 0 Å². The van der Waals surface area contributed by atoms with Crippen molar-refractivity contribution >= 4 is 40.6 Å². The molecule has 2 fully saturated rings. The first kappa shape index (κ1) is 35.1. The van der Waals surface area contributed by atoms with Crippen molar-refractivity contribution in [2.45, 2.75) is 44.8 Å². The Kier molecular flexibility index (Phi) is 10.3. The highest BCUT2D eigenvalue weighted by Gasteiger charge is 2.45. The second kappa shape index (κ2) is 14.7. The second-order valence-corrected chi connectivity index (χ2v) is 13.2. The van der Waals surface area contributed by atoms with E-state index in [4.69, 9.17) is 4.74 Å². The van der Waals surface area contributed by atoms with E-state index in [0.717, 1.165) is 45.4 Å². The number of allylic oxidation sites excluding steroid dienone is 1. The minimum atomic E-state index is -4.77. The summed E-state index contributed by atoms with van der Waals surface area (Å²) in [6.45, 7) is 5.94. The van der Waals surface area contributed by atoms with Gasteiger partial charge in [-0.15, -0.1) is 0 Å². The fourth-order valence-electron chi connectivity index (χ4n) is 7.44. The molecule has 14 heteroatoms. The molecule has 1 aromatic heterocycles. The summed E-state index contributed by atoms with van der Waals surface area (Å²) in [6, 6.07) is 10.3. The number of aromatic nitrogens is 2. The standard InChI is InChI=1S/C36H43F3N8O3/c1-21-6-5-7-26(34(49)40-2)31(21)44-33-27(36(37,38)39)20-41-35(45-33)43-28-12-10-24(19-29(28)50-4)42-30(48)13-11-25-22-8-9-23(18-22)32(25)47-16-14-46(3)15-17-47/h5-8,10,12,19-20,23,25,32H,9,11,13-18H2,1-4H3,(H,40,49)(H,42,48)(H2,41,43,44,45). The van der Waals surface area contributed by atoms with Crippen LogP contribution in [0.25, 0.3) is 0 Å². The third-order valence-electron chi connectivity index (χ3n) is 10.0. The molecule has 3 atom stereocenters. The fourth-order valence-corrected chi connectivity index (χ4v) is 7.44. The quantitative estimate of drug-likeness (QED) is 0.180. The number of para-hydroxylation sites is 1. The van der Waals surface area contributed by atoms with Crippen molar-refractivity contribution < 1.29 is 27.5 Å². The van der Waals surface area contributed by atoms with Gasteiger partial charge in [0.15, 0.2) is 0 Å². The van der Waals surface area contributed by atoms with Crippen LogP contribution in [0.2, 0.25) is 0 Å². The molecule has 2 heterocycles. The zero-order valence-electron chi connectivity index (χ0n) is 28.7. The zero-order chi connectivity index (χ0) is 35.6. The molecule has 2 aliphatic carbocycles. The predicted octanol–water partition coefficient (Wildman–Crippen LogP) is 5.96. The van der Waals surface area contributed by atoms with Crippen molar-refractivity contribution in [2.24, 2.45) is 11.8 Å². The van der Waals surface area contributed by atoms with Crippen LogP contribution in [0, 0.1) is 18.8 Å². The molecular weight excluding hydrogens is 649 g/mol. The van der Waals surface area contributed by atoms with Gasteiger partial charge in [0, 0.05) is 63.6 Å². The number of hydrogen-bond acceptors (Lipinski definition) is 9. The average Bonchev–Trinajstić information content (AvgIpc) is 3.71. The Hall–Kier alpha value is -4.69. The van der Waals surface area contributed by atoms with Gasteiger partial charge in [0.1, 0.15) is 17.1 Å². The maximum absolute atomic E-state index is 14.0. The van der Waals surface area contributed by atoms with Crippen molar-refractivity contribution in [1.29, 1.82) is 0 Å². The number of piperazine rings is 1.